The van der Waals surface area contributed by atoms with E-state index in [4.69, 9.17) is 10.5 Å². The fourth-order valence-electron chi connectivity index (χ4n) is 0.947. The van der Waals surface area contributed by atoms with Crippen molar-refractivity contribution in [3.63, 3.8) is 0 Å². The van der Waals surface area contributed by atoms with Gasteiger partial charge in [0, 0.05) is 13.0 Å². The Hall–Kier alpha value is -0.940. The predicted molar refractivity (Wildman–Crippen MR) is 42.3 cm³/mol. The highest BCUT2D eigenvalue weighted by Crippen LogP contribution is 2.14. The third kappa shape index (κ3) is 2.02. The minimum absolute atomic E-state index is 0.188. The van der Waals surface area contributed by atoms with Crippen molar-refractivity contribution in [1.82, 2.24) is 10.1 Å². The highest BCUT2D eigenvalue weighted by Gasteiger charge is 2.18. The van der Waals surface area contributed by atoms with Crippen LogP contribution in [0.2, 0.25) is 0 Å². The quantitative estimate of drug-likeness (QED) is 0.707. The van der Waals surface area contributed by atoms with Crippen molar-refractivity contribution in [3.05, 3.63) is 12.2 Å². The molecule has 1 rings (SSSR count). The zero-order chi connectivity index (χ0) is 8.97. The average molecular weight is 171 g/mol. The molecule has 0 saturated heterocycles. The van der Waals surface area contributed by atoms with E-state index in [-0.39, 0.29) is 12.0 Å². The lowest BCUT2D eigenvalue weighted by Crippen LogP contribution is -2.23. The molecule has 2 unspecified atom stereocenters. The summed E-state index contributed by atoms with van der Waals surface area (Å²) >= 11 is 0. The molecule has 0 aromatic carbocycles. The van der Waals surface area contributed by atoms with Gasteiger partial charge in [-0.2, -0.15) is 4.98 Å². The molecule has 0 radical (unpaired) electrons. The van der Waals surface area contributed by atoms with Crippen LogP contribution in [0.1, 0.15) is 18.8 Å². The molecule has 5 heteroatoms. The first-order chi connectivity index (χ1) is 5.75. The van der Waals surface area contributed by atoms with Gasteiger partial charge in [0.1, 0.15) is 0 Å². The maximum atomic E-state index is 5.80. The van der Waals surface area contributed by atoms with E-state index in [0.717, 1.165) is 0 Å². The lowest BCUT2D eigenvalue weighted by atomic mass is 10.0. The largest absolute Gasteiger partial charge is 0.384 e. The van der Waals surface area contributed by atoms with E-state index in [1.165, 1.54) is 6.39 Å². The fraction of sp³-hybridized carbons (Fsp3) is 0.714. The van der Waals surface area contributed by atoms with Gasteiger partial charge in [-0.15, -0.1) is 0 Å². The van der Waals surface area contributed by atoms with E-state index in [1.54, 1.807) is 7.11 Å². The average Bonchev–Trinajstić information content (AvgIpc) is 2.55. The van der Waals surface area contributed by atoms with Gasteiger partial charge < -0.3 is 15.0 Å². The third-order valence-corrected chi connectivity index (χ3v) is 1.72. The second-order valence-electron chi connectivity index (χ2n) is 2.75. The lowest BCUT2D eigenvalue weighted by Gasteiger charge is -2.14. The minimum atomic E-state index is -0.219. The number of nitrogens with two attached hydrogens (primary N) is 1. The Morgan fingerprint density at radius 3 is 3.00 bits per heavy atom. The summed E-state index contributed by atoms with van der Waals surface area (Å²) in [6, 6.07) is -0.219. The molecule has 1 heterocycles. The minimum Gasteiger partial charge on any atom is -0.384 e. The van der Waals surface area contributed by atoms with E-state index in [0.29, 0.717) is 12.4 Å². The Balaban J connectivity index is 2.53. The first-order valence-electron chi connectivity index (χ1n) is 3.76. The molecule has 1 aromatic heterocycles. The molecule has 1 aromatic rings. The van der Waals surface area contributed by atoms with Crippen molar-refractivity contribution >= 4 is 0 Å². The fourth-order valence-corrected chi connectivity index (χ4v) is 0.947. The molecule has 0 amide bonds. The van der Waals surface area contributed by atoms with Gasteiger partial charge in [-0.25, -0.2) is 0 Å². The van der Waals surface area contributed by atoms with Crippen LogP contribution < -0.4 is 5.73 Å². The van der Waals surface area contributed by atoms with Crippen molar-refractivity contribution in [1.29, 1.82) is 0 Å². The first kappa shape index (κ1) is 9.15. The molecule has 0 spiro atoms. The van der Waals surface area contributed by atoms with Crippen molar-refractivity contribution in [2.24, 2.45) is 11.7 Å². The van der Waals surface area contributed by atoms with E-state index < -0.39 is 0 Å². The Labute approximate surface area is 70.9 Å². The van der Waals surface area contributed by atoms with Gasteiger partial charge in [0.05, 0.1) is 12.6 Å². The first-order valence-corrected chi connectivity index (χ1v) is 3.76. The molecule has 0 aliphatic rings. The molecule has 2 N–H and O–H groups in total. The van der Waals surface area contributed by atoms with Crippen molar-refractivity contribution in [2.45, 2.75) is 13.0 Å². The Morgan fingerprint density at radius 1 is 1.75 bits per heavy atom. The van der Waals surface area contributed by atoms with Crippen LogP contribution in [0.25, 0.3) is 0 Å². The summed E-state index contributed by atoms with van der Waals surface area (Å²) in [6.45, 7) is 2.57. The smallest absolute Gasteiger partial charge is 0.213 e. The highest BCUT2D eigenvalue weighted by atomic mass is 16.5. The van der Waals surface area contributed by atoms with Crippen molar-refractivity contribution in [2.75, 3.05) is 13.7 Å². The molecular weight excluding hydrogens is 158 g/mol. The van der Waals surface area contributed by atoms with E-state index in [2.05, 4.69) is 14.7 Å². The second kappa shape index (κ2) is 4.18. The van der Waals surface area contributed by atoms with Crippen LogP contribution in [-0.2, 0) is 4.74 Å². The summed E-state index contributed by atoms with van der Waals surface area (Å²) in [4.78, 5) is 3.86. The number of hydrogen-bond donors (Lipinski definition) is 1. The van der Waals surface area contributed by atoms with Gasteiger partial charge in [-0.05, 0) is 0 Å². The standard InChI is InChI=1S/C7H13N3O2/c1-5(3-11-2)6(8)7-9-4-12-10-7/h4-6H,3,8H2,1-2H3. The van der Waals surface area contributed by atoms with Gasteiger partial charge in [0.25, 0.3) is 0 Å². The van der Waals surface area contributed by atoms with Crippen LogP contribution in [0.3, 0.4) is 0 Å². The topological polar surface area (TPSA) is 74.2 Å². The lowest BCUT2D eigenvalue weighted by molar-refractivity contribution is 0.145. The zero-order valence-corrected chi connectivity index (χ0v) is 7.23. The summed E-state index contributed by atoms with van der Waals surface area (Å²) in [6.07, 6.45) is 1.27. The SMILES string of the molecule is COCC(C)C(N)c1ncon1. The van der Waals surface area contributed by atoms with Crippen molar-refractivity contribution in [3.8, 4) is 0 Å². The maximum Gasteiger partial charge on any atom is 0.213 e. The number of hydrogen-bond acceptors (Lipinski definition) is 5. The normalized spacial score (nSPS) is 15.9. The van der Waals surface area contributed by atoms with Crippen LogP contribution >= 0.6 is 0 Å². The molecule has 0 aliphatic carbocycles. The van der Waals surface area contributed by atoms with Crippen LogP contribution in [-0.4, -0.2) is 23.9 Å². The Kier molecular flexibility index (Phi) is 3.19. The molecule has 0 saturated carbocycles. The zero-order valence-electron chi connectivity index (χ0n) is 7.23. The molecular formula is C7H13N3O2. The van der Waals surface area contributed by atoms with Crippen LogP contribution in [0.4, 0.5) is 0 Å². The molecule has 0 aliphatic heterocycles. The number of aromatic nitrogens is 2. The highest BCUT2D eigenvalue weighted by molar-refractivity contribution is 4.90. The number of methoxy groups -OCH3 is 1. The summed E-state index contributed by atoms with van der Waals surface area (Å²) < 4.78 is 9.54. The Bertz CT molecular complexity index is 212. The molecule has 5 nitrogen and oxygen atoms in total. The monoisotopic (exact) mass is 171 g/mol. The predicted octanol–water partition coefficient (Wildman–Crippen LogP) is 0.352. The van der Waals surface area contributed by atoms with E-state index in [9.17, 15) is 0 Å². The molecule has 68 valence electrons. The summed E-state index contributed by atoms with van der Waals surface area (Å²) in [5, 5.41) is 3.65. The number of ether oxygens (including phenoxy) is 1. The Morgan fingerprint density at radius 2 is 2.50 bits per heavy atom. The van der Waals surface area contributed by atoms with Crippen molar-refractivity contribution < 1.29 is 9.26 Å². The maximum absolute atomic E-state index is 5.80. The molecule has 2 atom stereocenters. The third-order valence-electron chi connectivity index (χ3n) is 1.72. The molecule has 12 heavy (non-hydrogen) atoms. The summed E-state index contributed by atoms with van der Waals surface area (Å²) in [7, 11) is 1.64. The van der Waals surface area contributed by atoms with Crippen LogP contribution in [0.15, 0.2) is 10.9 Å². The molecule has 0 fully saturated rings. The second-order valence-corrected chi connectivity index (χ2v) is 2.75. The van der Waals surface area contributed by atoms with Crippen LogP contribution in [0, 0.1) is 5.92 Å². The summed E-state index contributed by atoms with van der Waals surface area (Å²) in [5.41, 5.74) is 5.80. The van der Waals surface area contributed by atoms with Crippen LogP contribution in [0.5, 0.6) is 0 Å². The summed E-state index contributed by atoms with van der Waals surface area (Å²) in [5.74, 6) is 0.715. The van der Waals surface area contributed by atoms with E-state index >= 15 is 0 Å². The van der Waals surface area contributed by atoms with Gasteiger partial charge >= 0.3 is 0 Å². The van der Waals surface area contributed by atoms with Gasteiger partial charge in [0.15, 0.2) is 5.82 Å². The van der Waals surface area contributed by atoms with Gasteiger partial charge in [0.2, 0.25) is 6.39 Å². The van der Waals surface area contributed by atoms with E-state index in [1.807, 2.05) is 6.92 Å². The number of rotatable bonds is 4. The molecule has 0 bridgehead atoms. The van der Waals surface area contributed by atoms with Gasteiger partial charge in [-0.3, -0.25) is 0 Å². The number of nitrogens with zero attached hydrogens (tertiary/aromatic N) is 2. The van der Waals surface area contributed by atoms with Gasteiger partial charge in [-0.1, -0.05) is 12.1 Å².